The van der Waals surface area contributed by atoms with E-state index in [9.17, 15) is 4.79 Å². The monoisotopic (exact) mass is 322 g/mol. The Balaban J connectivity index is 1.73. The Morgan fingerprint density at radius 2 is 2.00 bits per heavy atom. The Morgan fingerprint density at radius 3 is 2.64 bits per heavy atom. The summed E-state index contributed by atoms with van der Waals surface area (Å²) in [5.41, 5.74) is 1.63. The fourth-order valence-electron chi connectivity index (χ4n) is 3.38. The van der Waals surface area contributed by atoms with Crippen LogP contribution in [0.2, 0.25) is 5.02 Å². The Bertz CT molecular complexity index is 508. The van der Waals surface area contributed by atoms with Gasteiger partial charge in [-0.2, -0.15) is 0 Å². The van der Waals surface area contributed by atoms with Crippen molar-refractivity contribution in [2.24, 2.45) is 11.8 Å². The molecule has 122 valence electrons. The molecule has 2 atom stereocenters. The molecule has 2 rings (SSSR count). The molecule has 0 aromatic heterocycles. The molecule has 1 saturated heterocycles. The third-order valence-electron chi connectivity index (χ3n) is 4.25. The number of hydrogen-bond donors (Lipinski definition) is 1. The zero-order valence-corrected chi connectivity index (χ0v) is 14.6. The number of benzene rings is 1. The SMILES string of the molecule is Cc1ccc(C(=O)NCCCN2C[C@H](C)C[C@H](C)C2)c(Cl)c1. The van der Waals surface area contributed by atoms with E-state index in [-0.39, 0.29) is 5.91 Å². The summed E-state index contributed by atoms with van der Waals surface area (Å²) < 4.78 is 0. The maximum absolute atomic E-state index is 12.1. The molecule has 0 aliphatic carbocycles. The Kier molecular flexibility index (Phi) is 6.27. The first kappa shape index (κ1) is 17.3. The van der Waals surface area contributed by atoms with Crippen molar-refractivity contribution in [2.45, 2.75) is 33.6 Å². The van der Waals surface area contributed by atoms with Crippen molar-refractivity contribution in [3.63, 3.8) is 0 Å². The summed E-state index contributed by atoms with van der Waals surface area (Å²) in [7, 11) is 0. The highest BCUT2D eigenvalue weighted by Gasteiger charge is 2.21. The van der Waals surface area contributed by atoms with Crippen molar-refractivity contribution in [3.8, 4) is 0 Å². The third kappa shape index (κ3) is 4.99. The van der Waals surface area contributed by atoms with Crippen LogP contribution in [0.4, 0.5) is 0 Å². The minimum atomic E-state index is -0.0784. The van der Waals surface area contributed by atoms with Crippen molar-refractivity contribution >= 4 is 17.5 Å². The molecule has 4 heteroatoms. The number of likely N-dealkylation sites (tertiary alicyclic amines) is 1. The van der Waals surface area contributed by atoms with Gasteiger partial charge in [-0.3, -0.25) is 4.79 Å². The first-order valence-electron chi connectivity index (χ1n) is 8.22. The fourth-order valence-corrected chi connectivity index (χ4v) is 3.70. The van der Waals surface area contributed by atoms with Crippen molar-refractivity contribution in [2.75, 3.05) is 26.2 Å². The highest BCUT2D eigenvalue weighted by Crippen LogP contribution is 2.21. The average Bonchev–Trinajstić information content (AvgIpc) is 2.42. The number of hydrogen-bond acceptors (Lipinski definition) is 2. The van der Waals surface area contributed by atoms with E-state index in [2.05, 4.69) is 24.1 Å². The van der Waals surface area contributed by atoms with Gasteiger partial charge in [0.25, 0.3) is 5.91 Å². The summed E-state index contributed by atoms with van der Waals surface area (Å²) in [6.07, 6.45) is 2.31. The van der Waals surface area contributed by atoms with Crippen LogP contribution in [-0.4, -0.2) is 37.0 Å². The molecule has 1 aromatic rings. The minimum Gasteiger partial charge on any atom is -0.352 e. The van der Waals surface area contributed by atoms with Crippen LogP contribution in [0, 0.1) is 18.8 Å². The zero-order chi connectivity index (χ0) is 16.1. The molecule has 3 nitrogen and oxygen atoms in total. The molecule has 0 bridgehead atoms. The van der Waals surface area contributed by atoms with Crippen LogP contribution in [0.3, 0.4) is 0 Å². The second kappa shape index (κ2) is 7.98. The van der Waals surface area contributed by atoms with Gasteiger partial charge in [0, 0.05) is 19.6 Å². The number of nitrogens with zero attached hydrogens (tertiary/aromatic N) is 1. The number of carbonyl (C=O) groups is 1. The van der Waals surface area contributed by atoms with Crippen LogP contribution in [-0.2, 0) is 0 Å². The quantitative estimate of drug-likeness (QED) is 0.837. The molecular formula is C18H27ClN2O. The van der Waals surface area contributed by atoms with Gasteiger partial charge >= 0.3 is 0 Å². The highest BCUT2D eigenvalue weighted by molar-refractivity contribution is 6.33. The first-order valence-corrected chi connectivity index (χ1v) is 8.60. The van der Waals surface area contributed by atoms with E-state index in [0.29, 0.717) is 17.1 Å². The molecule has 1 aliphatic heterocycles. The molecule has 1 fully saturated rings. The molecule has 1 aromatic carbocycles. The molecule has 22 heavy (non-hydrogen) atoms. The first-order chi connectivity index (χ1) is 10.5. The molecule has 0 spiro atoms. The summed E-state index contributed by atoms with van der Waals surface area (Å²) in [4.78, 5) is 14.6. The number of nitrogens with one attached hydrogen (secondary N) is 1. The molecule has 1 N–H and O–H groups in total. The molecule has 1 heterocycles. The van der Waals surface area contributed by atoms with Crippen molar-refractivity contribution in [3.05, 3.63) is 34.3 Å². The van der Waals surface area contributed by atoms with Crippen LogP contribution in [0.25, 0.3) is 0 Å². The minimum absolute atomic E-state index is 0.0784. The second-order valence-electron chi connectivity index (χ2n) is 6.80. The van der Waals surface area contributed by atoms with Crippen LogP contribution in [0.1, 0.15) is 42.6 Å². The van der Waals surface area contributed by atoms with E-state index in [1.54, 1.807) is 6.07 Å². The van der Waals surface area contributed by atoms with Gasteiger partial charge in [0.05, 0.1) is 10.6 Å². The van der Waals surface area contributed by atoms with Crippen molar-refractivity contribution < 1.29 is 4.79 Å². The van der Waals surface area contributed by atoms with Gasteiger partial charge in [0.2, 0.25) is 0 Å². The van der Waals surface area contributed by atoms with E-state index in [1.807, 2.05) is 19.1 Å². The maximum Gasteiger partial charge on any atom is 0.252 e. The average molecular weight is 323 g/mol. The van der Waals surface area contributed by atoms with Gasteiger partial charge in [-0.15, -0.1) is 0 Å². The number of piperidine rings is 1. The molecule has 0 radical (unpaired) electrons. The van der Waals surface area contributed by atoms with E-state index in [1.165, 1.54) is 19.5 Å². The van der Waals surface area contributed by atoms with Gasteiger partial charge in [-0.1, -0.05) is 31.5 Å². The topological polar surface area (TPSA) is 32.3 Å². The second-order valence-corrected chi connectivity index (χ2v) is 7.21. The van der Waals surface area contributed by atoms with Crippen LogP contribution in [0.5, 0.6) is 0 Å². The summed E-state index contributed by atoms with van der Waals surface area (Å²) in [5, 5.41) is 3.50. The number of carbonyl (C=O) groups excluding carboxylic acids is 1. The normalized spacial score (nSPS) is 22.5. The van der Waals surface area contributed by atoms with Crippen molar-refractivity contribution in [1.82, 2.24) is 10.2 Å². The number of amides is 1. The fraction of sp³-hybridized carbons (Fsp3) is 0.611. The Labute approximate surface area is 139 Å². The van der Waals surface area contributed by atoms with Crippen LogP contribution >= 0.6 is 11.6 Å². The molecular weight excluding hydrogens is 296 g/mol. The lowest BCUT2D eigenvalue weighted by Gasteiger charge is -2.34. The molecule has 1 aliphatic rings. The molecule has 1 amide bonds. The highest BCUT2D eigenvalue weighted by atomic mass is 35.5. The largest absolute Gasteiger partial charge is 0.352 e. The van der Waals surface area contributed by atoms with Crippen LogP contribution in [0.15, 0.2) is 18.2 Å². The molecule has 0 unspecified atom stereocenters. The summed E-state index contributed by atoms with van der Waals surface area (Å²) in [5.74, 6) is 1.49. The van der Waals surface area contributed by atoms with Gasteiger partial charge < -0.3 is 10.2 Å². The number of rotatable bonds is 5. The van der Waals surface area contributed by atoms with Gasteiger partial charge in [-0.05, 0) is 55.8 Å². The van der Waals surface area contributed by atoms with Crippen molar-refractivity contribution in [1.29, 1.82) is 0 Å². The lowest BCUT2D eigenvalue weighted by molar-refractivity contribution is 0.0947. The van der Waals surface area contributed by atoms with E-state index < -0.39 is 0 Å². The summed E-state index contributed by atoms with van der Waals surface area (Å²) in [6.45, 7) is 10.7. The van der Waals surface area contributed by atoms with E-state index in [4.69, 9.17) is 11.6 Å². The zero-order valence-electron chi connectivity index (χ0n) is 13.9. The standard InChI is InChI=1S/C18H27ClN2O/c1-13-5-6-16(17(19)10-13)18(22)20-7-4-8-21-11-14(2)9-15(3)12-21/h5-6,10,14-15H,4,7-9,11-12H2,1-3H3,(H,20,22)/t14-,15+. The van der Waals surface area contributed by atoms with Gasteiger partial charge in [0.15, 0.2) is 0 Å². The molecule has 0 saturated carbocycles. The predicted octanol–water partition coefficient (Wildman–Crippen LogP) is 3.75. The summed E-state index contributed by atoms with van der Waals surface area (Å²) >= 11 is 6.12. The lowest BCUT2D eigenvalue weighted by Crippen LogP contribution is -2.40. The number of halogens is 1. The van der Waals surface area contributed by atoms with E-state index >= 15 is 0 Å². The Morgan fingerprint density at radius 1 is 1.32 bits per heavy atom. The maximum atomic E-state index is 12.1. The predicted molar refractivity (Wildman–Crippen MR) is 92.5 cm³/mol. The smallest absolute Gasteiger partial charge is 0.252 e. The van der Waals surface area contributed by atoms with Gasteiger partial charge in [0.1, 0.15) is 0 Å². The summed E-state index contributed by atoms with van der Waals surface area (Å²) in [6, 6.07) is 5.53. The third-order valence-corrected chi connectivity index (χ3v) is 4.56. The number of aryl methyl sites for hydroxylation is 1. The Hall–Kier alpha value is -1.06. The van der Waals surface area contributed by atoms with Crippen LogP contribution < -0.4 is 5.32 Å². The van der Waals surface area contributed by atoms with E-state index in [0.717, 1.165) is 30.4 Å². The lowest BCUT2D eigenvalue weighted by atomic mass is 9.92. The van der Waals surface area contributed by atoms with Gasteiger partial charge in [-0.25, -0.2) is 0 Å².